The summed E-state index contributed by atoms with van der Waals surface area (Å²) in [4.78, 5) is 12.4. The van der Waals surface area contributed by atoms with E-state index < -0.39 is 0 Å². The van der Waals surface area contributed by atoms with E-state index in [1.165, 1.54) is 4.68 Å². The van der Waals surface area contributed by atoms with Crippen molar-refractivity contribution in [1.29, 1.82) is 0 Å². The number of hydrogen-bond donors (Lipinski definition) is 1. The van der Waals surface area contributed by atoms with Crippen LogP contribution in [0.5, 0.6) is 0 Å². The lowest BCUT2D eigenvalue weighted by Gasteiger charge is -2.00. The Hall–Kier alpha value is -2.66. The summed E-state index contributed by atoms with van der Waals surface area (Å²) in [6.07, 6.45) is 0. The molecule has 0 saturated carbocycles. The zero-order chi connectivity index (χ0) is 14.4. The van der Waals surface area contributed by atoms with Gasteiger partial charge in [-0.2, -0.15) is 14.9 Å². The Morgan fingerprint density at radius 2 is 1.76 bits per heavy atom. The minimum absolute atomic E-state index is 0.255. The summed E-state index contributed by atoms with van der Waals surface area (Å²) in [5.74, 6) is 0. The largest absolute Gasteiger partial charge is 0.301 e. The number of aromatic amines is 1. The lowest BCUT2D eigenvalue weighted by Crippen LogP contribution is -2.15. The molecule has 2 heterocycles. The minimum Gasteiger partial charge on any atom is -0.277 e. The predicted molar refractivity (Wildman–Crippen MR) is 81.1 cm³/mol. The SMILES string of the molecule is O=c1c2n[nH]c3ccccc3c-2nn1-c1ccc(Cl)cc1. The Kier molecular flexibility index (Phi) is 2.55. The van der Waals surface area contributed by atoms with E-state index in [1.807, 2.05) is 24.3 Å². The molecule has 0 aliphatic carbocycles. The van der Waals surface area contributed by atoms with Crippen molar-refractivity contribution >= 4 is 22.5 Å². The molecule has 6 heteroatoms. The maximum Gasteiger partial charge on any atom is 0.301 e. The lowest BCUT2D eigenvalue weighted by molar-refractivity contribution is 0.858. The van der Waals surface area contributed by atoms with Gasteiger partial charge in [-0.25, -0.2) is 0 Å². The van der Waals surface area contributed by atoms with E-state index in [4.69, 9.17) is 11.6 Å². The van der Waals surface area contributed by atoms with Crippen LogP contribution < -0.4 is 5.56 Å². The highest BCUT2D eigenvalue weighted by Crippen LogP contribution is 2.23. The zero-order valence-electron chi connectivity index (χ0n) is 10.7. The number of aromatic nitrogens is 4. The fourth-order valence-electron chi connectivity index (χ4n) is 2.34. The fraction of sp³-hybridized carbons (Fsp3) is 0. The van der Waals surface area contributed by atoms with Gasteiger partial charge >= 0.3 is 5.56 Å². The van der Waals surface area contributed by atoms with Crippen LogP contribution in [0.3, 0.4) is 0 Å². The minimum atomic E-state index is -0.255. The van der Waals surface area contributed by atoms with Gasteiger partial charge in [0, 0.05) is 10.4 Å². The van der Waals surface area contributed by atoms with Gasteiger partial charge in [0.05, 0.1) is 11.2 Å². The van der Waals surface area contributed by atoms with E-state index in [-0.39, 0.29) is 5.56 Å². The van der Waals surface area contributed by atoms with Crippen molar-refractivity contribution < 1.29 is 0 Å². The molecule has 0 atom stereocenters. The molecule has 0 aromatic heterocycles. The number of nitrogens with one attached hydrogen (secondary N) is 1. The molecule has 2 aromatic carbocycles. The highest BCUT2D eigenvalue weighted by atomic mass is 35.5. The molecule has 0 amide bonds. The monoisotopic (exact) mass is 296 g/mol. The molecule has 0 spiro atoms. The third-order valence-corrected chi connectivity index (χ3v) is 3.61. The van der Waals surface area contributed by atoms with Crippen molar-refractivity contribution in [2.75, 3.05) is 0 Å². The smallest absolute Gasteiger partial charge is 0.277 e. The topological polar surface area (TPSA) is 63.6 Å². The molecule has 2 aliphatic heterocycles. The number of hydrogen-bond acceptors (Lipinski definition) is 3. The van der Waals surface area contributed by atoms with Crippen LogP contribution >= 0.6 is 11.6 Å². The Morgan fingerprint density at radius 3 is 2.57 bits per heavy atom. The Morgan fingerprint density at radius 1 is 1.00 bits per heavy atom. The highest BCUT2D eigenvalue weighted by Gasteiger charge is 2.20. The molecular weight excluding hydrogens is 288 g/mol. The molecule has 5 nitrogen and oxygen atoms in total. The number of benzene rings is 2. The molecule has 21 heavy (non-hydrogen) atoms. The maximum absolute atomic E-state index is 12.4. The molecule has 0 saturated heterocycles. The highest BCUT2D eigenvalue weighted by molar-refractivity contribution is 6.30. The summed E-state index contributed by atoms with van der Waals surface area (Å²) in [7, 11) is 0. The molecule has 0 unspecified atom stereocenters. The van der Waals surface area contributed by atoms with Crippen molar-refractivity contribution in [3.8, 4) is 17.1 Å². The number of nitrogens with zero attached hydrogens (tertiary/aromatic N) is 3. The second-order valence-corrected chi connectivity index (χ2v) is 5.10. The quantitative estimate of drug-likeness (QED) is 0.587. The Labute approximate surface area is 124 Å². The number of fused-ring (bicyclic) bond motifs is 3. The number of H-pyrrole nitrogens is 1. The standard InChI is InChI=1S/C15H9ClN4O/c16-9-5-7-10(8-6-9)20-15(21)14-13(19-20)11-3-1-2-4-12(11)17-18-14/h1-8,17H. The van der Waals surface area contributed by atoms with Crippen molar-refractivity contribution in [3.63, 3.8) is 0 Å². The third kappa shape index (κ3) is 1.82. The van der Waals surface area contributed by atoms with Gasteiger partial charge in [0.25, 0.3) is 0 Å². The average molecular weight is 297 g/mol. The van der Waals surface area contributed by atoms with E-state index >= 15 is 0 Å². The maximum atomic E-state index is 12.4. The van der Waals surface area contributed by atoms with E-state index in [9.17, 15) is 4.79 Å². The van der Waals surface area contributed by atoms with Crippen molar-refractivity contribution in [3.05, 3.63) is 63.9 Å². The molecule has 0 bridgehead atoms. The first kappa shape index (κ1) is 12.1. The molecule has 4 rings (SSSR count). The van der Waals surface area contributed by atoms with E-state index in [2.05, 4.69) is 15.3 Å². The van der Waals surface area contributed by atoms with E-state index in [0.29, 0.717) is 22.1 Å². The second-order valence-electron chi connectivity index (χ2n) is 4.66. The van der Waals surface area contributed by atoms with E-state index in [1.54, 1.807) is 24.3 Å². The number of para-hydroxylation sites is 1. The van der Waals surface area contributed by atoms with Crippen LogP contribution in [0.25, 0.3) is 28.0 Å². The summed E-state index contributed by atoms with van der Waals surface area (Å²) in [6.45, 7) is 0. The molecule has 0 radical (unpaired) electrons. The Balaban J connectivity index is 2.05. The van der Waals surface area contributed by atoms with Crippen molar-refractivity contribution in [1.82, 2.24) is 20.0 Å². The van der Waals surface area contributed by atoms with Gasteiger partial charge in [0.15, 0.2) is 5.69 Å². The lowest BCUT2D eigenvalue weighted by atomic mass is 10.1. The number of rotatable bonds is 1. The van der Waals surface area contributed by atoms with E-state index in [0.717, 1.165) is 10.9 Å². The van der Waals surface area contributed by atoms with Gasteiger partial charge in [0.2, 0.25) is 0 Å². The molecule has 2 aliphatic rings. The van der Waals surface area contributed by atoms with Gasteiger partial charge in [-0.1, -0.05) is 29.8 Å². The van der Waals surface area contributed by atoms with Crippen LogP contribution in [-0.2, 0) is 0 Å². The summed E-state index contributed by atoms with van der Waals surface area (Å²) in [6, 6.07) is 14.6. The van der Waals surface area contributed by atoms with Crippen LogP contribution in [0.4, 0.5) is 0 Å². The average Bonchev–Trinajstić information content (AvgIpc) is 2.86. The molecule has 1 N–H and O–H groups in total. The normalized spacial score (nSPS) is 11.3. The molecule has 2 aromatic rings. The summed E-state index contributed by atoms with van der Waals surface area (Å²) >= 11 is 5.87. The van der Waals surface area contributed by atoms with Gasteiger partial charge in [0.1, 0.15) is 5.69 Å². The van der Waals surface area contributed by atoms with Gasteiger partial charge in [-0.15, -0.1) is 0 Å². The first-order valence-electron chi connectivity index (χ1n) is 6.36. The van der Waals surface area contributed by atoms with Gasteiger partial charge in [-0.3, -0.25) is 9.89 Å². The van der Waals surface area contributed by atoms with Gasteiger partial charge in [-0.05, 0) is 30.3 Å². The Bertz CT molecular complexity index is 971. The zero-order valence-corrected chi connectivity index (χ0v) is 11.5. The summed E-state index contributed by atoms with van der Waals surface area (Å²) < 4.78 is 1.34. The van der Waals surface area contributed by atoms with Gasteiger partial charge < -0.3 is 0 Å². The second kappa shape index (κ2) is 4.43. The van der Waals surface area contributed by atoms with Crippen molar-refractivity contribution in [2.24, 2.45) is 0 Å². The van der Waals surface area contributed by atoms with Crippen LogP contribution in [0.2, 0.25) is 5.02 Å². The summed E-state index contributed by atoms with van der Waals surface area (Å²) in [5.41, 5.74) is 2.15. The van der Waals surface area contributed by atoms with Crippen LogP contribution in [0.1, 0.15) is 0 Å². The van der Waals surface area contributed by atoms with Crippen molar-refractivity contribution in [2.45, 2.75) is 0 Å². The summed E-state index contributed by atoms with van der Waals surface area (Å²) in [5, 5.41) is 12.9. The number of halogens is 1. The first-order chi connectivity index (χ1) is 10.2. The first-order valence-corrected chi connectivity index (χ1v) is 6.74. The predicted octanol–water partition coefficient (Wildman–Crippen LogP) is 2.87. The molecular formula is C15H9ClN4O. The van der Waals surface area contributed by atoms with Crippen LogP contribution in [0.15, 0.2) is 53.3 Å². The van der Waals surface area contributed by atoms with Crippen LogP contribution in [0, 0.1) is 0 Å². The third-order valence-electron chi connectivity index (χ3n) is 3.36. The molecule has 0 fully saturated rings. The molecule has 102 valence electrons. The van der Waals surface area contributed by atoms with Crippen LogP contribution in [-0.4, -0.2) is 20.0 Å². The fourth-order valence-corrected chi connectivity index (χ4v) is 2.46.